The Balaban J connectivity index is 1.53. The predicted octanol–water partition coefficient (Wildman–Crippen LogP) is 3.00. The third-order valence-electron chi connectivity index (χ3n) is 3.51. The molecule has 0 aromatic heterocycles. The van der Waals surface area contributed by atoms with Gasteiger partial charge in [-0.3, -0.25) is 4.79 Å². The summed E-state index contributed by atoms with van der Waals surface area (Å²) in [5.41, 5.74) is 1.41. The molecule has 6 nitrogen and oxygen atoms in total. The highest BCUT2D eigenvalue weighted by atomic mass is 16.7. The van der Waals surface area contributed by atoms with Gasteiger partial charge in [-0.25, -0.2) is 4.79 Å². The van der Waals surface area contributed by atoms with Crippen LogP contribution in [0.1, 0.15) is 12.5 Å². The number of benzene rings is 2. The maximum absolute atomic E-state index is 12.0. The third kappa shape index (κ3) is 4.38. The van der Waals surface area contributed by atoms with Gasteiger partial charge < -0.3 is 19.5 Å². The zero-order chi connectivity index (χ0) is 17.6. The van der Waals surface area contributed by atoms with Crippen molar-refractivity contribution in [3.8, 4) is 11.5 Å². The standard InChI is InChI=1S/C19H17NO5/c1-13(19(22)20-15-5-3-2-4-6-15)25-18(21)10-8-14-7-9-16-17(11-14)24-12-23-16/h2-11,13H,12H2,1H3,(H,20,22)/b10-8+/t13-/m1/s1. The first kappa shape index (κ1) is 16.6. The summed E-state index contributed by atoms with van der Waals surface area (Å²) < 4.78 is 15.6. The van der Waals surface area contributed by atoms with Crippen molar-refractivity contribution in [2.24, 2.45) is 0 Å². The SMILES string of the molecule is C[C@@H](OC(=O)/C=C/c1ccc2c(c1)OCO2)C(=O)Nc1ccccc1. The van der Waals surface area contributed by atoms with E-state index in [0.717, 1.165) is 5.56 Å². The van der Waals surface area contributed by atoms with Crippen molar-refractivity contribution in [1.29, 1.82) is 0 Å². The summed E-state index contributed by atoms with van der Waals surface area (Å²) in [6, 6.07) is 14.3. The van der Waals surface area contributed by atoms with Crippen molar-refractivity contribution in [2.75, 3.05) is 12.1 Å². The molecule has 2 aromatic rings. The molecule has 1 heterocycles. The van der Waals surface area contributed by atoms with Gasteiger partial charge >= 0.3 is 5.97 Å². The van der Waals surface area contributed by atoms with E-state index in [9.17, 15) is 9.59 Å². The Morgan fingerprint density at radius 1 is 1.12 bits per heavy atom. The molecule has 6 heteroatoms. The van der Waals surface area contributed by atoms with Crippen LogP contribution in [0.4, 0.5) is 5.69 Å². The van der Waals surface area contributed by atoms with E-state index in [1.54, 1.807) is 48.5 Å². The highest BCUT2D eigenvalue weighted by molar-refractivity contribution is 5.96. The van der Waals surface area contributed by atoms with Gasteiger partial charge in [0.2, 0.25) is 6.79 Å². The van der Waals surface area contributed by atoms with Crippen LogP contribution in [0.5, 0.6) is 11.5 Å². The molecule has 0 saturated heterocycles. The number of carbonyl (C=O) groups excluding carboxylic acids is 2. The second-order valence-corrected chi connectivity index (χ2v) is 5.38. The Labute approximate surface area is 145 Å². The molecular formula is C19H17NO5. The number of rotatable bonds is 5. The molecule has 0 bridgehead atoms. The molecule has 0 radical (unpaired) electrons. The number of nitrogens with one attached hydrogen (secondary N) is 1. The molecule has 1 aliphatic rings. The monoisotopic (exact) mass is 339 g/mol. The summed E-state index contributed by atoms with van der Waals surface area (Å²) in [4.78, 5) is 23.9. The third-order valence-corrected chi connectivity index (χ3v) is 3.51. The van der Waals surface area contributed by atoms with Crippen molar-refractivity contribution in [3.63, 3.8) is 0 Å². The van der Waals surface area contributed by atoms with E-state index in [-0.39, 0.29) is 6.79 Å². The second-order valence-electron chi connectivity index (χ2n) is 5.38. The molecular weight excluding hydrogens is 322 g/mol. The Hall–Kier alpha value is -3.28. The lowest BCUT2D eigenvalue weighted by Gasteiger charge is -2.12. The first-order valence-electron chi connectivity index (χ1n) is 7.76. The van der Waals surface area contributed by atoms with Crippen LogP contribution in [-0.4, -0.2) is 24.8 Å². The fraction of sp³-hybridized carbons (Fsp3) is 0.158. The Morgan fingerprint density at radius 2 is 1.88 bits per heavy atom. The topological polar surface area (TPSA) is 73.9 Å². The minimum absolute atomic E-state index is 0.193. The quantitative estimate of drug-likeness (QED) is 0.669. The van der Waals surface area contributed by atoms with Crippen molar-refractivity contribution >= 4 is 23.6 Å². The fourth-order valence-electron chi connectivity index (χ4n) is 2.21. The van der Waals surface area contributed by atoms with E-state index in [1.807, 2.05) is 6.07 Å². The van der Waals surface area contributed by atoms with Crippen molar-refractivity contribution < 1.29 is 23.8 Å². The van der Waals surface area contributed by atoms with Crippen LogP contribution in [-0.2, 0) is 14.3 Å². The number of amides is 1. The second kappa shape index (κ2) is 7.53. The molecule has 0 saturated carbocycles. The van der Waals surface area contributed by atoms with Gasteiger partial charge in [-0.1, -0.05) is 24.3 Å². The van der Waals surface area contributed by atoms with E-state index in [1.165, 1.54) is 13.0 Å². The molecule has 1 amide bonds. The molecule has 2 aromatic carbocycles. The molecule has 1 atom stereocenters. The molecule has 0 unspecified atom stereocenters. The van der Waals surface area contributed by atoms with Crippen molar-refractivity contribution in [3.05, 3.63) is 60.2 Å². The van der Waals surface area contributed by atoms with Gasteiger partial charge in [0.15, 0.2) is 17.6 Å². The summed E-state index contributed by atoms with van der Waals surface area (Å²) in [6.45, 7) is 1.71. The summed E-state index contributed by atoms with van der Waals surface area (Å²) >= 11 is 0. The van der Waals surface area contributed by atoms with Crippen molar-refractivity contribution in [2.45, 2.75) is 13.0 Å². The minimum atomic E-state index is -0.908. The summed E-state index contributed by atoms with van der Waals surface area (Å²) in [6.07, 6.45) is 1.95. The number of hydrogen-bond acceptors (Lipinski definition) is 5. The van der Waals surface area contributed by atoms with Crippen molar-refractivity contribution in [1.82, 2.24) is 0 Å². The van der Waals surface area contributed by atoms with Gasteiger partial charge in [-0.2, -0.15) is 0 Å². The number of ether oxygens (including phenoxy) is 3. The largest absolute Gasteiger partial charge is 0.454 e. The normalized spacial score (nSPS) is 13.5. The molecule has 3 rings (SSSR count). The van der Waals surface area contributed by atoms with E-state index >= 15 is 0 Å². The molecule has 1 N–H and O–H groups in total. The summed E-state index contributed by atoms with van der Waals surface area (Å²) in [5, 5.41) is 2.68. The Bertz CT molecular complexity index is 801. The van der Waals surface area contributed by atoms with Crippen LogP contribution in [0.25, 0.3) is 6.08 Å². The van der Waals surface area contributed by atoms with Crippen LogP contribution in [0.15, 0.2) is 54.6 Å². The van der Waals surface area contributed by atoms with Crippen LogP contribution in [0.3, 0.4) is 0 Å². The highest BCUT2D eigenvalue weighted by Gasteiger charge is 2.17. The maximum Gasteiger partial charge on any atom is 0.331 e. The maximum atomic E-state index is 12.0. The molecule has 0 spiro atoms. The first-order chi connectivity index (χ1) is 12.1. The number of hydrogen-bond donors (Lipinski definition) is 1. The molecule has 1 aliphatic heterocycles. The molecule has 128 valence electrons. The first-order valence-corrected chi connectivity index (χ1v) is 7.76. The zero-order valence-corrected chi connectivity index (χ0v) is 13.6. The Morgan fingerprint density at radius 3 is 2.68 bits per heavy atom. The average Bonchev–Trinajstić information content (AvgIpc) is 3.08. The molecule has 25 heavy (non-hydrogen) atoms. The highest BCUT2D eigenvalue weighted by Crippen LogP contribution is 2.32. The number of anilines is 1. The predicted molar refractivity (Wildman–Crippen MR) is 92.2 cm³/mol. The average molecular weight is 339 g/mol. The van der Waals surface area contributed by atoms with Crippen LogP contribution in [0, 0.1) is 0 Å². The molecule has 0 aliphatic carbocycles. The van der Waals surface area contributed by atoms with Gasteiger partial charge in [0.1, 0.15) is 0 Å². The number of fused-ring (bicyclic) bond motifs is 1. The van der Waals surface area contributed by atoms with Gasteiger partial charge in [0, 0.05) is 11.8 Å². The fourth-order valence-corrected chi connectivity index (χ4v) is 2.21. The number of esters is 1. The van der Waals surface area contributed by atoms with E-state index in [0.29, 0.717) is 17.2 Å². The summed E-state index contributed by atoms with van der Waals surface area (Å²) in [5.74, 6) is 0.307. The summed E-state index contributed by atoms with van der Waals surface area (Å²) in [7, 11) is 0. The molecule has 0 fully saturated rings. The van der Waals surface area contributed by atoms with Crippen LogP contribution in [0.2, 0.25) is 0 Å². The van der Waals surface area contributed by atoms with E-state index in [2.05, 4.69) is 5.32 Å². The number of carbonyl (C=O) groups is 2. The van der Waals surface area contributed by atoms with Gasteiger partial charge in [0.25, 0.3) is 5.91 Å². The number of para-hydroxylation sites is 1. The van der Waals surface area contributed by atoms with E-state index < -0.39 is 18.0 Å². The van der Waals surface area contributed by atoms with Gasteiger partial charge in [-0.15, -0.1) is 0 Å². The zero-order valence-electron chi connectivity index (χ0n) is 13.6. The lowest BCUT2D eigenvalue weighted by atomic mass is 10.2. The van der Waals surface area contributed by atoms with Crippen LogP contribution < -0.4 is 14.8 Å². The van der Waals surface area contributed by atoms with E-state index in [4.69, 9.17) is 14.2 Å². The van der Waals surface area contributed by atoms with Gasteiger partial charge in [-0.05, 0) is 42.8 Å². The Kier molecular flexibility index (Phi) is 4.99. The van der Waals surface area contributed by atoms with Gasteiger partial charge in [0.05, 0.1) is 0 Å². The minimum Gasteiger partial charge on any atom is -0.454 e. The van der Waals surface area contributed by atoms with Crippen LogP contribution >= 0.6 is 0 Å². The smallest absolute Gasteiger partial charge is 0.331 e. The lowest BCUT2D eigenvalue weighted by Crippen LogP contribution is -2.29. The lowest BCUT2D eigenvalue weighted by molar-refractivity contribution is -0.148.